The molecule has 2 N–H and O–H groups in total. The molecule has 0 unspecified atom stereocenters. The monoisotopic (exact) mass is 565 g/mol. The van der Waals surface area contributed by atoms with Crippen LogP contribution in [0.25, 0.3) is 44.7 Å². The lowest BCUT2D eigenvalue weighted by molar-refractivity contribution is -0.111. The van der Waals surface area contributed by atoms with Gasteiger partial charge in [-0.2, -0.15) is 0 Å². The van der Waals surface area contributed by atoms with Crippen molar-refractivity contribution in [3.05, 3.63) is 79.4 Å². The molecule has 9 heteroatoms. The molecule has 6 rings (SSSR count). The topological polar surface area (TPSA) is 91.3 Å². The summed E-state index contributed by atoms with van der Waals surface area (Å²) in [6.07, 6.45) is 6.79. The van der Waals surface area contributed by atoms with Crippen molar-refractivity contribution in [1.82, 2.24) is 24.4 Å². The second kappa shape index (κ2) is 11.2. The van der Waals surface area contributed by atoms with Crippen LogP contribution in [0.3, 0.4) is 0 Å². The van der Waals surface area contributed by atoms with Crippen molar-refractivity contribution >= 4 is 28.3 Å². The first-order chi connectivity index (χ1) is 20.4. The molecule has 1 saturated heterocycles. The van der Waals surface area contributed by atoms with E-state index in [4.69, 9.17) is 9.72 Å². The molecule has 4 heterocycles. The minimum atomic E-state index is -0.259. The number of aromatic amines is 1. The van der Waals surface area contributed by atoms with Crippen molar-refractivity contribution in [3.8, 4) is 39.4 Å². The normalized spacial score (nSPS) is 13.9. The quantitative estimate of drug-likeness (QED) is 0.236. The van der Waals surface area contributed by atoms with Crippen LogP contribution < -0.4 is 15.0 Å². The molecule has 0 saturated carbocycles. The zero-order valence-corrected chi connectivity index (χ0v) is 24.4. The van der Waals surface area contributed by atoms with Gasteiger partial charge in [0.25, 0.3) is 0 Å². The maximum Gasteiger partial charge on any atom is 0.247 e. The highest BCUT2D eigenvalue weighted by molar-refractivity contribution is 6.09. The van der Waals surface area contributed by atoms with Crippen molar-refractivity contribution < 1.29 is 12.4 Å². The molecule has 0 bridgehead atoms. The third kappa shape index (κ3) is 5.03. The number of ether oxygens (including phenoxy) is 1. The number of piperazine rings is 1. The van der Waals surface area contributed by atoms with Crippen LogP contribution in [0.2, 0.25) is 0 Å². The summed E-state index contributed by atoms with van der Waals surface area (Å²) in [5.74, 6) is 0.424. The maximum atomic E-state index is 12.2. The molecule has 218 valence electrons. The van der Waals surface area contributed by atoms with E-state index in [0.29, 0.717) is 11.4 Å². The molecule has 5 aromatic rings. The van der Waals surface area contributed by atoms with Gasteiger partial charge in [-0.3, -0.25) is 4.79 Å². The van der Waals surface area contributed by atoms with E-state index in [9.17, 15) is 4.79 Å². The first-order valence-corrected chi connectivity index (χ1v) is 14.0. The van der Waals surface area contributed by atoms with Gasteiger partial charge in [0.15, 0.2) is 0 Å². The highest BCUT2D eigenvalue weighted by atomic mass is 16.5. The van der Waals surface area contributed by atoms with Gasteiger partial charge in [0.1, 0.15) is 11.4 Å². The molecule has 2 aromatic carbocycles. The van der Waals surface area contributed by atoms with Gasteiger partial charge in [-0.15, -0.1) is 0 Å². The molecule has 1 aliphatic heterocycles. The fourth-order valence-electron chi connectivity index (χ4n) is 5.58. The van der Waals surface area contributed by atoms with E-state index in [1.54, 1.807) is 19.6 Å². The second-order valence-corrected chi connectivity index (χ2v) is 10.8. The number of imidazole rings is 1. The van der Waals surface area contributed by atoms with Crippen LogP contribution in [0.4, 0.5) is 11.4 Å². The Kier molecular flexibility index (Phi) is 7.26. The Bertz CT molecular complexity index is 1790. The third-order valence-electron chi connectivity index (χ3n) is 7.95. The average Bonchev–Trinajstić information content (AvgIpc) is 3.62. The van der Waals surface area contributed by atoms with Gasteiger partial charge < -0.3 is 29.4 Å². The summed E-state index contributed by atoms with van der Waals surface area (Å²) in [4.78, 5) is 30.0. The zero-order chi connectivity index (χ0) is 29.4. The van der Waals surface area contributed by atoms with E-state index < -0.39 is 0 Å². The smallest absolute Gasteiger partial charge is 0.247 e. The molecule has 9 nitrogen and oxygen atoms in total. The summed E-state index contributed by atoms with van der Waals surface area (Å²) in [6.45, 7) is 9.69. The lowest BCUT2D eigenvalue weighted by atomic mass is 9.95. The predicted molar refractivity (Wildman–Crippen MR) is 173 cm³/mol. The number of rotatable bonds is 7. The molecule has 0 radical (unpaired) electrons. The number of nitrogens with one attached hydrogen (secondary N) is 2. The van der Waals surface area contributed by atoms with Gasteiger partial charge in [0.05, 0.1) is 35.8 Å². The molecule has 0 spiro atoms. The lowest BCUT2D eigenvalue weighted by Gasteiger charge is -2.34. The van der Waals surface area contributed by atoms with E-state index >= 15 is 0 Å². The number of aryl methyl sites for hydroxylation is 2. The van der Waals surface area contributed by atoms with E-state index in [1.807, 2.05) is 36.9 Å². The van der Waals surface area contributed by atoms with Gasteiger partial charge in [-0.05, 0) is 54.9 Å². The fraction of sp³-hybridized carbons (Fsp3) is 0.242. The summed E-state index contributed by atoms with van der Waals surface area (Å²) in [7, 11) is 5.78. The molecule has 42 heavy (non-hydrogen) atoms. The number of benzene rings is 2. The van der Waals surface area contributed by atoms with Gasteiger partial charge in [-0.25, -0.2) is 9.97 Å². The number of hydrogen-bond acceptors (Lipinski definition) is 6. The Labute approximate surface area is 248 Å². The van der Waals surface area contributed by atoms with Crippen LogP contribution in [0.5, 0.6) is 5.75 Å². The van der Waals surface area contributed by atoms with E-state index in [-0.39, 0.29) is 8.76 Å². The van der Waals surface area contributed by atoms with Crippen LogP contribution in [-0.4, -0.2) is 70.7 Å². The van der Waals surface area contributed by atoms with Crippen LogP contribution in [0.1, 0.15) is 8.42 Å². The molecule has 1 amide bonds. The number of H-pyrrole nitrogens is 1. The minimum absolute atomic E-state index is 0. The van der Waals surface area contributed by atoms with Crippen LogP contribution in [0.15, 0.2) is 73.8 Å². The largest absolute Gasteiger partial charge is 0.495 e. The van der Waals surface area contributed by atoms with Gasteiger partial charge in [-0.1, -0.05) is 30.8 Å². The number of nitrogens with zero attached hydrogens (tertiary/aromatic N) is 5. The van der Waals surface area contributed by atoms with Crippen LogP contribution in [0, 0.1) is 6.92 Å². The first-order valence-electron chi connectivity index (χ1n) is 14.0. The Morgan fingerprint density at radius 3 is 2.48 bits per heavy atom. The Morgan fingerprint density at radius 2 is 1.81 bits per heavy atom. The third-order valence-corrected chi connectivity index (χ3v) is 7.95. The van der Waals surface area contributed by atoms with Crippen molar-refractivity contribution in [2.75, 3.05) is 50.6 Å². The summed E-state index contributed by atoms with van der Waals surface area (Å²) < 4.78 is 7.98. The van der Waals surface area contributed by atoms with Gasteiger partial charge in [0, 0.05) is 65.4 Å². The van der Waals surface area contributed by atoms with Gasteiger partial charge in [0.2, 0.25) is 5.91 Å². The molecule has 3 aromatic heterocycles. The second-order valence-electron chi connectivity index (χ2n) is 10.8. The fourth-order valence-corrected chi connectivity index (χ4v) is 5.58. The van der Waals surface area contributed by atoms with Crippen molar-refractivity contribution in [1.29, 1.82) is 0 Å². The molecule has 0 atom stereocenters. The molecule has 1 aliphatic rings. The number of likely N-dealkylation sites (N-methyl/N-ethyl adjacent to an activating group) is 1. The Balaban J connectivity index is 0.00000221. The Morgan fingerprint density at radius 1 is 1.07 bits per heavy atom. The lowest BCUT2D eigenvalue weighted by Crippen LogP contribution is -2.44. The van der Waals surface area contributed by atoms with Crippen molar-refractivity contribution in [3.63, 3.8) is 0 Å². The number of amides is 1. The number of hydrogen-bond donors (Lipinski definition) is 2. The van der Waals surface area contributed by atoms with E-state index in [1.165, 1.54) is 11.8 Å². The standard InChI is InChI=1S/C33H35N7O2.2H2/c1-6-28(41)36-26-17-23(8-7-21(26)2)29-30-32(42-5)25(27-19-39(4)20-35-27)18-34-33(30)37-31(29)22-9-11-24(12-10-22)40-15-13-38(3)14-16-40;;/h6-12,17-20H,1,13-16H2,2-5H3,(H,34,37)(H,36,41);2*1H. The number of pyridine rings is 1. The number of carbonyl (C=O) groups excluding carboxylic acids is 1. The SMILES string of the molecule is C=CC(=O)Nc1cc(-c2c(-c3ccc(N4CCN(C)CC4)cc3)[nH]c3ncc(-c4cn(C)cn4)c(OC)c23)ccc1C.[HH].[HH]. The summed E-state index contributed by atoms with van der Waals surface area (Å²) in [5, 5.41) is 3.80. The first kappa shape index (κ1) is 27.3. The number of methoxy groups -OCH3 is 1. The zero-order valence-electron chi connectivity index (χ0n) is 24.4. The number of anilines is 2. The average molecular weight is 566 g/mol. The van der Waals surface area contributed by atoms with Gasteiger partial charge >= 0.3 is 0 Å². The number of carbonyl (C=O) groups is 1. The van der Waals surface area contributed by atoms with Crippen molar-refractivity contribution in [2.24, 2.45) is 7.05 Å². The summed E-state index contributed by atoms with van der Waals surface area (Å²) >= 11 is 0. The highest BCUT2D eigenvalue weighted by Crippen LogP contribution is 2.46. The molecule has 1 fully saturated rings. The number of aromatic nitrogens is 4. The predicted octanol–water partition coefficient (Wildman–Crippen LogP) is 5.98. The maximum absolute atomic E-state index is 12.2. The van der Waals surface area contributed by atoms with E-state index in [2.05, 4.69) is 69.0 Å². The summed E-state index contributed by atoms with van der Waals surface area (Å²) in [5.41, 5.74) is 8.97. The molecular formula is C33H39N7O2. The molecular weight excluding hydrogens is 526 g/mol. The summed E-state index contributed by atoms with van der Waals surface area (Å²) in [6, 6.07) is 14.8. The number of fused-ring (bicyclic) bond motifs is 1. The van der Waals surface area contributed by atoms with Crippen LogP contribution >= 0.6 is 0 Å². The van der Waals surface area contributed by atoms with Crippen molar-refractivity contribution in [2.45, 2.75) is 6.92 Å². The van der Waals surface area contributed by atoms with Crippen LogP contribution in [-0.2, 0) is 11.8 Å². The Hall–Kier alpha value is -4.89. The molecule has 0 aliphatic carbocycles. The minimum Gasteiger partial charge on any atom is -0.495 e. The highest BCUT2D eigenvalue weighted by Gasteiger charge is 2.24. The van der Waals surface area contributed by atoms with E-state index in [0.717, 1.165) is 76.5 Å².